The minimum atomic E-state index is 0. The molecule has 2 saturated heterocycles. The Morgan fingerprint density at radius 2 is 1.41 bits per heavy atom. The minimum absolute atomic E-state index is 0. The van der Waals surface area contributed by atoms with Crippen molar-refractivity contribution in [1.29, 1.82) is 0 Å². The number of aromatic hydroxyl groups is 1. The van der Waals surface area contributed by atoms with E-state index in [-0.39, 0.29) is 12.4 Å². The summed E-state index contributed by atoms with van der Waals surface area (Å²) in [6.07, 6.45) is 7.61. The van der Waals surface area contributed by atoms with Crippen molar-refractivity contribution in [2.24, 2.45) is 0 Å². The third kappa shape index (κ3) is 6.47. The third-order valence-electron chi connectivity index (χ3n) is 10.4. The molecule has 3 aliphatic heterocycles. The number of rotatable bonds is 9. The molecule has 2 fully saturated rings. The highest BCUT2D eigenvalue weighted by Crippen LogP contribution is 2.48. The molecule has 1 N–H and O–H groups in total. The van der Waals surface area contributed by atoms with Crippen molar-refractivity contribution in [1.82, 2.24) is 9.80 Å². The van der Waals surface area contributed by atoms with Gasteiger partial charge in [-0.1, -0.05) is 57.0 Å². The summed E-state index contributed by atoms with van der Waals surface area (Å²) in [6.45, 7) is 16.2. The Hall–Kier alpha value is -2.73. The Kier molecular flexibility index (Phi) is 10.2. The largest absolute Gasteiger partial charge is 0.508 e. The minimum Gasteiger partial charge on any atom is -0.508 e. The number of likely N-dealkylation sites (tertiary alicyclic amines) is 2. The van der Waals surface area contributed by atoms with Crippen LogP contribution in [0.4, 0.5) is 5.69 Å². The average molecular weight is 618 g/mol. The van der Waals surface area contributed by atoms with Crippen LogP contribution in [0.2, 0.25) is 0 Å². The van der Waals surface area contributed by atoms with Gasteiger partial charge in [-0.2, -0.15) is 0 Å². The van der Waals surface area contributed by atoms with Gasteiger partial charge in [0.15, 0.2) is 0 Å². The highest BCUT2D eigenvalue weighted by atomic mass is 35.5. The predicted molar refractivity (Wildman–Crippen MR) is 185 cm³/mol. The molecule has 0 saturated carbocycles. The van der Waals surface area contributed by atoms with Crippen LogP contribution in [0.3, 0.4) is 0 Å². The van der Waals surface area contributed by atoms with Crippen LogP contribution in [0.5, 0.6) is 11.5 Å². The number of ether oxygens (including phenoxy) is 1. The van der Waals surface area contributed by atoms with Crippen LogP contribution in [-0.4, -0.2) is 67.8 Å². The number of hydrogen-bond donors (Lipinski definition) is 1. The van der Waals surface area contributed by atoms with Crippen LogP contribution in [-0.2, 0) is 23.8 Å². The maximum atomic E-state index is 9.52. The number of unbranched alkanes of at least 4 members (excludes halogenated alkanes) is 2. The van der Waals surface area contributed by atoms with Gasteiger partial charge in [0.25, 0.3) is 0 Å². The lowest BCUT2D eigenvalue weighted by Gasteiger charge is -2.49. The van der Waals surface area contributed by atoms with E-state index in [0.717, 1.165) is 25.3 Å². The topological polar surface area (TPSA) is 39.2 Å². The number of phenolic OH excluding ortho intramolecular Hbond substituents is 1. The second-order valence-electron chi connectivity index (χ2n) is 13.8. The molecule has 0 atom stereocenters. The Bertz CT molecular complexity index is 1400. The zero-order valence-corrected chi connectivity index (χ0v) is 28.1. The Balaban J connectivity index is 0.000000185. The fraction of sp³-hybridized carbons (Fsp3) is 0.526. The van der Waals surface area contributed by atoms with E-state index in [4.69, 9.17) is 4.74 Å². The van der Waals surface area contributed by atoms with E-state index in [1.807, 2.05) is 12.1 Å². The molecule has 6 heteroatoms. The molecule has 1 aliphatic carbocycles. The third-order valence-corrected chi connectivity index (χ3v) is 10.4. The van der Waals surface area contributed by atoms with E-state index in [9.17, 15) is 5.11 Å². The quantitative estimate of drug-likeness (QED) is 0.269. The van der Waals surface area contributed by atoms with E-state index in [2.05, 4.69) is 84.0 Å². The van der Waals surface area contributed by atoms with Crippen molar-refractivity contribution in [2.45, 2.75) is 76.7 Å². The van der Waals surface area contributed by atoms with Gasteiger partial charge in [0.05, 0.1) is 7.11 Å². The van der Waals surface area contributed by atoms with Gasteiger partial charge in [0, 0.05) is 55.8 Å². The molecule has 2 spiro atoms. The van der Waals surface area contributed by atoms with Gasteiger partial charge in [-0.15, -0.1) is 12.4 Å². The van der Waals surface area contributed by atoms with Crippen LogP contribution >= 0.6 is 12.4 Å². The molecule has 3 aromatic rings. The van der Waals surface area contributed by atoms with Crippen molar-refractivity contribution < 1.29 is 9.84 Å². The molecule has 44 heavy (non-hydrogen) atoms. The molecule has 3 aromatic carbocycles. The van der Waals surface area contributed by atoms with Crippen molar-refractivity contribution in [2.75, 3.05) is 57.8 Å². The fourth-order valence-electron chi connectivity index (χ4n) is 8.09. The van der Waals surface area contributed by atoms with Gasteiger partial charge < -0.3 is 24.5 Å². The van der Waals surface area contributed by atoms with E-state index >= 15 is 0 Å². The molecule has 238 valence electrons. The summed E-state index contributed by atoms with van der Waals surface area (Å²) in [5.74, 6) is 1.34. The highest BCUT2D eigenvalue weighted by Gasteiger charge is 2.50. The van der Waals surface area contributed by atoms with Gasteiger partial charge in [-0.3, -0.25) is 0 Å². The smallest absolute Gasteiger partial charge is 0.118 e. The SMILES string of the molecule is CCCCN1CC2(C1)CN(Cc1ccc(OC)cc1)c1cc(C)ccc12.CCCCN1CC2(CCc3cc(O)ccc32)C1.Cl. The highest BCUT2D eigenvalue weighted by molar-refractivity contribution is 5.85. The molecule has 3 heterocycles. The Morgan fingerprint density at radius 3 is 2.05 bits per heavy atom. The molecule has 0 unspecified atom stereocenters. The number of hydrogen-bond acceptors (Lipinski definition) is 5. The van der Waals surface area contributed by atoms with Crippen molar-refractivity contribution in [3.8, 4) is 11.5 Å². The Morgan fingerprint density at radius 1 is 0.773 bits per heavy atom. The molecule has 5 nitrogen and oxygen atoms in total. The normalized spacial score (nSPS) is 19.0. The van der Waals surface area contributed by atoms with E-state index in [0.29, 0.717) is 16.6 Å². The summed E-state index contributed by atoms with van der Waals surface area (Å²) in [5, 5.41) is 9.52. The molecular formula is C38H52ClN3O2. The number of halogens is 1. The zero-order valence-electron chi connectivity index (χ0n) is 27.3. The van der Waals surface area contributed by atoms with Crippen molar-refractivity contribution in [3.05, 3.63) is 88.5 Å². The lowest BCUT2D eigenvalue weighted by Crippen LogP contribution is -2.61. The van der Waals surface area contributed by atoms with Gasteiger partial charge in [-0.05, 0) is 104 Å². The van der Waals surface area contributed by atoms with Crippen LogP contribution in [0, 0.1) is 6.92 Å². The number of phenols is 1. The van der Waals surface area contributed by atoms with Crippen LogP contribution in [0.25, 0.3) is 0 Å². The maximum absolute atomic E-state index is 9.52. The summed E-state index contributed by atoms with van der Waals surface area (Å²) < 4.78 is 5.30. The Labute approximate surface area is 271 Å². The first-order chi connectivity index (χ1) is 20.9. The summed E-state index contributed by atoms with van der Waals surface area (Å²) >= 11 is 0. The first kappa shape index (κ1) is 32.7. The van der Waals surface area contributed by atoms with Crippen molar-refractivity contribution >= 4 is 18.1 Å². The second-order valence-corrected chi connectivity index (χ2v) is 13.8. The van der Waals surface area contributed by atoms with E-state index < -0.39 is 0 Å². The van der Waals surface area contributed by atoms with Crippen LogP contribution in [0.1, 0.15) is 73.8 Å². The number of aryl methyl sites for hydroxylation is 2. The molecule has 0 bridgehead atoms. The second kappa shape index (κ2) is 13.7. The number of anilines is 1. The first-order valence-corrected chi connectivity index (χ1v) is 16.6. The van der Waals surface area contributed by atoms with E-state index in [1.165, 1.54) is 99.3 Å². The number of nitrogens with zero attached hydrogens (tertiary/aromatic N) is 3. The van der Waals surface area contributed by atoms with Gasteiger partial charge in [-0.25, -0.2) is 0 Å². The van der Waals surface area contributed by atoms with Gasteiger partial charge >= 0.3 is 0 Å². The molecule has 4 aliphatic rings. The average Bonchev–Trinajstić information content (AvgIpc) is 3.50. The lowest BCUT2D eigenvalue weighted by atomic mass is 9.74. The standard InChI is InChI=1S/C23H30N2O.C15H21NO.ClH/c1-4-5-12-24-15-23(16-24)17-25(22-13-18(2)6-11-21(22)23)14-19-7-9-20(26-3)10-8-19;1-2-3-8-16-10-15(11-16)7-6-12-9-13(17)4-5-14(12)15;/h6-11,13H,4-5,12,14-17H2,1-3H3;4-5,9,17H,2-3,6-8,10-11H2,1H3;1H. The molecule has 0 amide bonds. The fourth-order valence-corrected chi connectivity index (χ4v) is 8.09. The molecule has 0 radical (unpaired) electrons. The number of methoxy groups -OCH3 is 1. The van der Waals surface area contributed by atoms with Gasteiger partial charge in [0.1, 0.15) is 11.5 Å². The predicted octanol–water partition coefficient (Wildman–Crippen LogP) is 7.49. The van der Waals surface area contributed by atoms with Crippen LogP contribution in [0.15, 0.2) is 60.7 Å². The van der Waals surface area contributed by atoms with Gasteiger partial charge in [0.2, 0.25) is 0 Å². The molecule has 7 rings (SSSR count). The number of fused-ring (bicyclic) bond motifs is 4. The summed E-state index contributed by atoms with van der Waals surface area (Å²) in [7, 11) is 1.72. The zero-order chi connectivity index (χ0) is 30.0. The van der Waals surface area contributed by atoms with Crippen molar-refractivity contribution in [3.63, 3.8) is 0 Å². The summed E-state index contributed by atoms with van der Waals surface area (Å²) in [6, 6.07) is 21.5. The number of benzene rings is 3. The maximum Gasteiger partial charge on any atom is 0.118 e. The summed E-state index contributed by atoms with van der Waals surface area (Å²) in [5.41, 5.74) is 9.34. The molecule has 0 aromatic heterocycles. The molecular weight excluding hydrogens is 566 g/mol. The first-order valence-electron chi connectivity index (χ1n) is 16.6. The summed E-state index contributed by atoms with van der Waals surface area (Å²) in [4.78, 5) is 7.79. The monoisotopic (exact) mass is 617 g/mol. The lowest BCUT2D eigenvalue weighted by molar-refractivity contribution is 0.0645. The van der Waals surface area contributed by atoms with E-state index in [1.54, 1.807) is 12.7 Å². The van der Waals surface area contributed by atoms with Crippen LogP contribution < -0.4 is 9.64 Å².